The molecule has 4 nitrogen and oxygen atoms in total. The van der Waals surface area contributed by atoms with Crippen molar-refractivity contribution >= 4 is 9.84 Å². The first-order chi connectivity index (χ1) is 6.11. The largest absolute Gasteiger partial charge is 0.353 e. The maximum absolute atomic E-state index is 11.2. The second-order valence-electron chi connectivity index (χ2n) is 3.63. The molecule has 3 atom stereocenters. The molecule has 0 aliphatic carbocycles. The van der Waals surface area contributed by atoms with Crippen LogP contribution in [-0.2, 0) is 19.3 Å². The Morgan fingerprint density at radius 2 is 2.23 bits per heavy atom. The summed E-state index contributed by atoms with van der Waals surface area (Å²) in [7, 11) is -2.82. The molecule has 5 heteroatoms. The van der Waals surface area contributed by atoms with Crippen LogP contribution in [0.2, 0.25) is 0 Å². The molecule has 0 radical (unpaired) electrons. The van der Waals surface area contributed by atoms with Crippen molar-refractivity contribution in [3.63, 3.8) is 0 Å². The van der Waals surface area contributed by atoms with E-state index in [2.05, 4.69) is 0 Å². The standard InChI is InChI=1S/C8H14O4S/c1-2-11-8-3-6-4-13(9,10)5-7(6)12-8/h6-8H,2-5H2,1H3/t6-,7-,8+/m1/s1. The molecule has 13 heavy (non-hydrogen) atoms. The van der Waals surface area contributed by atoms with Gasteiger partial charge in [-0.3, -0.25) is 0 Å². The van der Waals surface area contributed by atoms with Gasteiger partial charge in [0.05, 0.1) is 17.6 Å². The number of sulfone groups is 1. The van der Waals surface area contributed by atoms with Crippen LogP contribution in [0.3, 0.4) is 0 Å². The fourth-order valence-corrected chi connectivity index (χ4v) is 4.04. The van der Waals surface area contributed by atoms with Gasteiger partial charge < -0.3 is 9.47 Å². The molecule has 0 spiro atoms. The summed E-state index contributed by atoms with van der Waals surface area (Å²) in [5.74, 6) is 0.629. The van der Waals surface area contributed by atoms with Gasteiger partial charge in [-0.15, -0.1) is 0 Å². The van der Waals surface area contributed by atoms with Crippen molar-refractivity contribution in [1.29, 1.82) is 0 Å². The van der Waals surface area contributed by atoms with Gasteiger partial charge in [-0.05, 0) is 6.92 Å². The fraction of sp³-hybridized carbons (Fsp3) is 1.00. The van der Waals surface area contributed by atoms with E-state index in [0.29, 0.717) is 6.61 Å². The number of hydrogen-bond acceptors (Lipinski definition) is 4. The third kappa shape index (κ3) is 1.87. The van der Waals surface area contributed by atoms with Crippen LogP contribution in [0.5, 0.6) is 0 Å². The molecular formula is C8H14O4S. The maximum Gasteiger partial charge on any atom is 0.158 e. The molecule has 2 rings (SSSR count). The van der Waals surface area contributed by atoms with E-state index in [9.17, 15) is 8.42 Å². The molecule has 2 aliphatic rings. The van der Waals surface area contributed by atoms with Crippen LogP contribution in [0, 0.1) is 5.92 Å². The molecule has 0 amide bonds. The van der Waals surface area contributed by atoms with Crippen LogP contribution in [-0.4, -0.2) is 38.9 Å². The summed E-state index contributed by atoms with van der Waals surface area (Å²) in [6, 6.07) is 0. The average molecular weight is 206 g/mol. The van der Waals surface area contributed by atoms with E-state index in [1.807, 2.05) is 6.92 Å². The van der Waals surface area contributed by atoms with E-state index < -0.39 is 9.84 Å². The quantitative estimate of drug-likeness (QED) is 0.647. The molecular weight excluding hydrogens is 192 g/mol. The Balaban J connectivity index is 1.97. The lowest BCUT2D eigenvalue weighted by Crippen LogP contribution is -2.18. The molecule has 0 aromatic carbocycles. The van der Waals surface area contributed by atoms with E-state index in [0.717, 1.165) is 6.42 Å². The van der Waals surface area contributed by atoms with Crippen molar-refractivity contribution in [2.45, 2.75) is 25.7 Å². The molecule has 0 bridgehead atoms. The zero-order valence-electron chi connectivity index (χ0n) is 7.60. The van der Waals surface area contributed by atoms with Crippen LogP contribution in [0.25, 0.3) is 0 Å². The third-order valence-electron chi connectivity index (χ3n) is 2.59. The lowest BCUT2D eigenvalue weighted by molar-refractivity contribution is -0.125. The highest BCUT2D eigenvalue weighted by Gasteiger charge is 2.45. The monoisotopic (exact) mass is 206 g/mol. The highest BCUT2D eigenvalue weighted by Crippen LogP contribution is 2.34. The number of rotatable bonds is 2. The van der Waals surface area contributed by atoms with Gasteiger partial charge in [0.2, 0.25) is 0 Å². The lowest BCUT2D eigenvalue weighted by atomic mass is 10.1. The van der Waals surface area contributed by atoms with E-state index in [-0.39, 0.29) is 29.8 Å². The van der Waals surface area contributed by atoms with Gasteiger partial charge in [0.1, 0.15) is 0 Å². The molecule has 2 saturated heterocycles. The molecule has 2 aliphatic heterocycles. The van der Waals surface area contributed by atoms with E-state index >= 15 is 0 Å². The zero-order chi connectivity index (χ0) is 9.47. The van der Waals surface area contributed by atoms with Crippen LogP contribution in [0.4, 0.5) is 0 Å². The van der Waals surface area contributed by atoms with Gasteiger partial charge in [0.15, 0.2) is 16.1 Å². The smallest absolute Gasteiger partial charge is 0.158 e. The fourth-order valence-electron chi connectivity index (χ4n) is 2.05. The SMILES string of the molecule is CCO[C@@H]1C[C@@H]2CS(=O)(=O)C[C@H]2O1. The van der Waals surface area contributed by atoms with Gasteiger partial charge >= 0.3 is 0 Å². The minimum absolute atomic E-state index is 0.110. The lowest BCUT2D eigenvalue weighted by Gasteiger charge is -2.11. The van der Waals surface area contributed by atoms with Crippen molar-refractivity contribution in [1.82, 2.24) is 0 Å². The molecule has 2 heterocycles. The second-order valence-corrected chi connectivity index (χ2v) is 5.79. The van der Waals surface area contributed by atoms with E-state index in [1.165, 1.54) is 0 Å². The van der Waals surface area contributed by atoms with Crippen molar-refractivity contribution < 1.29 is 17.9 Å². The molecule has 0 N–H and O–H groups in total. The Morgan fingerprint density at radius 1 is 1.46 bits per heavy atom. The Bertz CT molecular complexity index is 265. The number of fused-ring (bicyclic) bond motifs is 1. The molecule has 0 aromatic heterocycles. The molecule has 0 saturated carbocycles. The molecule has 0 unspecified atom stereocenters. The number of ether oxygens (including phenoxy) is 2. The van der Waals surface area contributed by atoms with Gasteiger partial charge in [0.25, 0.3) is 0 Å². The summed E-state index contributed by atoms with van der Waals surface area (Å²) in [4.78, 5) is 0. The van der Waals surface area contributed by atoms with Crippen LogP contribution in [0.1, 0.15) is 13.3 Å². The van der Waals surface area contributed by atoms with Crippen molar-refractivity contribution in [3.8, 4) is 0 Å². The summed E-state index contributed by atoms with van der Waals surface area (Å²) < 4.78 is 33.1. The summed E-state index contributed by atoms with van der Waals surface area (Å²) in [5, 5.41) is 0. The Labute approximate surface area is 78.1 Å². The normalized spacial score (nSPS) is 42.1. The van der Waals surface area contributed by atoms with Gasteiger partial charge in [-0.1, -0.05) is 0 Å². The molecule has 76 valence electrons. The summed E-state index contributed by atoms with van der Waals surface area (Å²) in [6.45, 7) is 2.53. The summed E-state index contributed by atoms with van der Waals surface area (Å²) in [6.07, 6.45) is 0.453. The maximum atomic E-state index is 11.2. The number of hydrogen-bond donors (Lipinski definition) is 0. The first-order valence-corrected chi connectivity index (χ1v) is 6.40. The minimum atomic E-state index is -2.82. The van der Waals surface area contributed by atoms with Gasteiger partial charge in [0, 0.05) is 18.9 Å². The highest BCUT2D eigenvalue weighted by atomic mass is 32.2. The minimum Gasteiger partial charge on any atom is -0.353 e. The first kappa shape index (κ1) is 9.43. The van der Waals surface area contributed by atoms with Gasteiger partial charge in [-0.25, -0.2) is 8.42 Å². The zero-order valence-corrected chi connectivity index (χ0v) is 8.42. The average Bonchev–Trinajstić information content (AvgIpc) is 2.41. The van der Waals surface area contributed by atoms with Gasteiger partial charge in [-0.2, -0.15) is 0 Å². The van der Waals surface area contributed by atoms with E-state index in [4.69, 9.17) is 9.47 Å². The van der Waals surface area contributed by atoms with Crippen molar-refractivity contribution in [2.24, 2.45) is 5.92 Å². The van der Waals surface area contributed by atoms with Crippen LogP contribution >= 0.6 is 0 Å². The van der Waals surface area contributed by atoms with Crippen LogP contribution in [0.15, 0.2) is 0 Å². The third-order valence-corrected chi connectivity index (χ3v) is 4.36. The topological polar surface area (TPSA) is 52.6 Å². The van der Waals surface area contributed by atoms with Crippen LogP contribution < -0.4 is 0 Å². The first-order valence-electron chi connectivity index (χ1n) is 4.58. The van der Waals surface area contributed by atoms with Crippen molar-refractivity contribution in [2.75, 3.05) is 18.1 Å². The molecule has 2 fully saturated rings. The van der Waals surface area contributed by atoms with E-state index in [1.54, 1.807) is 0 Å². The summed E-state index contributed by atoms with van der Waals surface area (Å²) in [5.41, 5.74) is 0. The van der Waals surface area contributed by atoms with Crippen molar-refractivity contribution in [3.05, 3.63) is 0 Å². The predicted molar refractivity (Wildman–Crippen MR) is 47.0 cm³/mol. The predicted octanol–water partition coefficient (Wildman–Crippen LogP) is 0.182. The Hall–Kier alpha value is -0.130. The highest BCUT2D eigenvalue weighted by molar-refractivity contribution is 7.91. The molecule has 0 aromatic rings. The Morgan fingerprint density at radius 3 is 2.85 bits per heavy atom. The second kappa shape index (κ2) is 3.22. The summed E-state index contributed by atoms with van der Waals surface area (Å²) >= 11 is 0. The Kier molecular flexibility index (Phi) is 2.33.